The quantitative estimate of drug-likeness (QED) is 0.336. The van der Waals surface area contributed by atoms with E-state index in [1.54, 1.807) is 0 Å². The van der Waals surface area contributed by atoms with Crippen LogP contribution in [0.2, 0.25) is 0 Å². The molecule has 1 aliphatic rings. The number of halogens is 1. The van der Waals surface area contributed by atoms with Crippen LogP contribution in [0.25, 0.3) is 0 Å². The summed E-state index contributed by atoms with van der Waals surface area (Å²) in [6, 6.07) is 3.88. The van der Waals surface area contributed by atoms with Gasteiger partial charge in [-0.1, -0.05) is 5.16 Å². The van der Waals surface area contributed by atoms with Gasteiger partial charge in [0.2, 0.25) is 5.91 Å². The Morgan fingerprint density at radius 1 is 1.60 bits per heavy atom. The van der Waals surface area contributed by atoms with E-state index in [2.05, 4.69) is 10.5 Å². The molecule has 1 atom stereocenters. The second-order valence-corrected chi connectivity index (χ2v) is 4.57. The largest absolute Gasteiger partial charge is 0.409 e. The van der Waals surface area contributed by atoms with Crippen LogP contribution in [0, 0.1) is 5.82 Å². The van der Waals surface area contributed by atoms with Gasteiger partial charge in [-0.05, 0) is 31.0 Å². The lowest BCUT2D eigenvalue weighted by Gasteiger charge is -2.11. The molecule has 2 rings (SSSR count). The number of amidine groups is 1. The van der Waals surface area contributed by atoms with Crippen molar-refractivity contribution in [1.29, 1.82) is 0 Å². The molecule has 0 aromatic heterocycles. The van der Waals surface area contributed by atoms with Gasteiger partial charge < -0.3 is 21.0 Å². The van der Waals surface area contributed by atoms with Gasteiger partial charge in [-0.2, -0.15) is 0 Å². The Labute approximate surface area is 115 Å². The molecule has 1 aromatic rings. The molecule has 4 N–H and O–H groups in total. The number of amides is 1. The third kappa shape index (κ3) is 3.45. The van der Waals surface area contributed by atoms with Crippen LogP contribution in [-0.4, -0.2) is 29.7 Å². The Hall–Kier alpha value is -2.15. The zero-order valence-electron chi connectivity index (χ0n) is 10.8. The first kappa shape index (κ1) is 14.3. The van der Waals surface area contributed by atoms with Crippen molar-refractivity contribution < 1.29 is 19.1 Å². The van der Waals surface area contributed by atoms with Crippen molar-refractivity contribution in [2.24, 2.45) is 10.9 Å². The second kappa shape index (κ2) is 6.33. The average Bonchev–Trinajstić information content (AvgIpc) is 2.92. The summed E-state index contributed by atoms with van der Waals surface area (Å²) >= 11 is 0. The molecule has 0 radical (unpaired) electrons. The lowest BCUT2D eigenvalue weighted by atomic mass is 10.1. The van der Waals surface area contributed by atoms with Crippen molar-refractivity contribution in [2.75, 3.05) is 11.9 Å². The summed E-state index contributed by atoms with van der Waals surface area (Å²) in [6.07, 6.45) is 2.03. The fraction of sp³-hybridized carbons (Fsp3) is 0.385. The maximum atomic E-state index is 13.5. The van der Waals surface area contributed by atoms with Gasteiger partial charge in [0.25, 0.3) is 0 Å². The highest BCUT2D eigenvalue weighted by molar-refractivity contribution is 5.99. The average molecular weight is 281 g/mol. The monoisotopic (exact) mass is 281 g/mol. The lowest BCUT2D eigenvalue weighted by molar-refractivity contribution is -0.118. The molecule has 1 saturated heterocycles. The fourth-order valence-corrected chi connectivity index (χ4v) is 2.08. The van der Waals surface area contributed by atoms with Gasteiger partial charge in [-0.25, -0.2) is 4.39 Å². The highest BCUT2D eigenvalue weighted by Crippen LogP contribution is 2.18. The van der Waals surface area contributed by atoms with Gasteiger partial charge in [0, 0.05) is 12.3 Å². The first-order chi connectivity index (χ1) is 9.60. The minimum atomic E-state index is -0.627. The third-order valence-corrected chi connectivity index (χ3v) is 3.07. The summed E-state index contributed by atoms with van der Waals surface area (Å²) in [6.45, 7) is 0.683. The van der Waals surface area contributed by atoms with Crippen LogP contribution in [0.15, 0.2) is 23.4 Å². The van der Waals surface area contributed by atoms with E-state index in [0.29, 0.717) is 12.3 Å². The molecule has 108 valence electrons. The summed E-state index contributed by atoms with van der Waals surface area (Å²) in [5, 5.41) is 13.9. The van der Waals surface area contributed by atoms with E-state index in [1.807, 2.05) is 0 Å². The van der Waals surface area contributed by atoms with Crippen molar-refractivity contribution in [3.8, 4) is 0 Å². The summed E-state index contributed by atoms with van der Waals surface area (Å²) in [5.74, 6) is -1.19. The standard InChI is InChI=1S/C13H16FN3O3/c14-11-4-3-8(6-10(11)13(15)17-19)16-12(18)7-9-2-1-5-20-9/h3-4,6,9,19H,1-2,5,7H2,(H2,15,17)(H,16,18). The molecular formula is C13H16FN3O3. The van der Waals surface area contributed by atoms with E-state index < -0.39 is 5.82 Å². The number of carbonyl (C=O) groups excluding carboxylic acids is 1. The van der Waals surface area contributed by atoms with Gasteiger partial charge in [-0.15, -0.1) is 0 Å². The number of oxime groups is 1. The summed E-state index contributed by atoms with van der Waals surface area (Å²) in [7, 11) is 0. The molecule has 0 aliphatic carbocycles. The summed E-state index contributed by atoms with van der Waals surface area (Å²) < 4.78 is 18.8. The van der Waals surface area contributed by atoms with Crippen LogP contribution in [0.5, 0.6) is 0 Å². The molecule has 1 heterocycles. The van der Waals surface area contributed by atoms with E-state index >= 15 is 0 Å². The fourth-order valence-electron chi connectivity index (χ4n) is 2.08. The van der Waals surface area contributed by atoms with Crippen molar-refractivity contribution in [3.63, 3.8) is 0 Å². The van der Waals surface area contributed by atoms with Crippen LogP contribution in [-0.2, 0) is 9.53 Å². The molecule has 0 bridgehead atoms. The molecule has 20 heavy (non-hydrogen) atoms. The van der Waals surface area contributed by atoms with E-state index in [1.165, 1.54) is 12.1 Å². The van der Waals surface area contributed by atoms with Gasteiger partial charge in [0.1, 0.15) is 5.82 Å². The minimum Gasteiger partial charge on any atom is -0.409 e. The van der Waals surface area contributed by atoms with Gasteiger partial charge in [-0.3, -0.25) is 4.79 Å². The Balaban J connectivity index is 2.03. The summed E-state index contributed by atoms with van der Waals surface area (Å²) in [4.78, 5) is 11.8. The normalized spacial score (nSPS) is 19.1. The van der Waals surface area contributed by atoms with E-state index in [0.717, 1.165) is 18.9 Å². The van der Waals surface area contributed by atoms with Crippen molar-refractivity contribution in [3.05, 3.63) is 29.6 Å². The van der Waals surface area contributed by atoms with Crippen molar-refractivity contribution in [1.82, 2.24) is 0 Å². The maximum Gasteiger partial charge on any atom is 0.226 e. The van der Waals surface area contributed by atoms with Crippen LogP contribution in [0.3, 0.4) is 0 Å². The number of hydrogen-bond acceptors (Lipinski definition) is 4. The van der Waals surface area contributed by atoms with Crippen LogP contribution in [0.1, 0.15) is 24.8 Å². The number of nitrogens with zero attached hydrogens (tertiary/aromatic N) is 1. The number of benzene rings is 1. The number of hydrogen-bond donors (Lipinski definition) is 3. The van der Waals surface area contributed by atoms with E-state index in [4.69, 9.17) is 15.7 Å². The zero-order chi connectivity index (χ0) is 14.5. The number of nitrogens with two attached hydrogens (primary N) is 1. The number of carbonyl (C=O) groups is 1. The van der Waals surface area contributed by atoms with Crippen molar-refractivity contribution >= 4 is 17.4 Å². The van der Waals surface area contributed by atoms with Crippen molar-refractivity contribution in [2.45, 2.75) is 25.4 Å². The summed E-state index contributed by atoms with van der Waals surface area (Å²) in [5.41, 5.74) is 5.67. The predicted octanol–water partition coefficient (Wildman–Crippen LogP) is 1.43. The molecule has 6 nitrogen and oxygen atoms in total. The molecule has 0 saturated carbocycles. The molecular weight excluding hydrogens is 265 g/mol. The second-order valence-electron chi connectivity index (χ2n) is 4.57. The van der Waals surface area contributed by atoms with E-state index in [9.17, 15) is 9.18 Å². The highest BCUT2D eigenvalue weighted by Gasteiger charge is 2.19. The molecule has 1 fully saturated rings. The van der Waals surface area contributed by atoms with Crippen LogP contribution >= 0.6 is 0 Å². The lowest BCUT2D eigenvalue weighted by Crippen LogP contribution is -2.20. The molecule has 1 unspecified atom stereocenters. The van der Waals surface area contributed by atoms with Crippen LogP contribution in [0.4, 0.5) is 10.1 Å². The molecule has 0 spiro atoms. The maximum absolute atomic E-state index is 13.5. The van der Waals surface area contributed by atoms with Crippen LogP contribution < -0.4 is 11.1 Å². The SMILES string of the molecule is NC(=NO)c1cc(NC(=O)CC2CCCO2)ccc1F. The highest BCUT2D eigenvalue weighted by atomic mass is 19.1. The Morgan fingerprint density at radius 2 is 2.40 bits per heavy atom. The number of anilines is 1. The van der Waals surface area contributed by atoms with E-state index in [-0.39, 0.29) is 29.8 Å². The number of ether oxygens (including phenoxy) is 1. The first-order valence-electron chi connectivity index (χ1n) is 6.29. The van der Waals surface area contributed by atoms with Gasteiger partial charge in [0.15, 0.2) is 5.84 Å². The molecule has 1 aliphatic heterocycles. The molecule has 1 amide bonds. The Bertz CT molecular complexity index is 528. The Morgan fingerprint density at radius 3 is 3.05 bits per heavy atom. The topological polar surface area (TPSA) is 96.9 Å². The minimum absolute atomic E-state index is 0.0565. The number of rotatable bonds is 4. The first-order valence-corrected chi connectivity index (χ1v) is 6.29. The zero-order valence-corrected chi connectivity index (χ0v) is 10.8. The predicted molar refractivity (Wildman–Crippen MR) is 71.1 cm³/mol. The van der Waals surface area contributed by atoms with Gasteiger partial charge >= 0.3 is 0 Å². The van der Waals surface area contributed by atoms with Gasteiger partial charge in [0.05, 0.1) is 18.1 Å². The smallest absolute Gasteiger partial charge is 0.226 e. The Kier molecular flexibility index (Phi) is 4.52. The number of nitrogens with one attached hydrogen (secondary N) is 1. The third-order valence-electron chi connectivity index (χ3n) is 3.07. The molecule has 7 heteroatoms. The molecule has 1 aromatic carbocycles.